The van der Waals surface area contributed by atoms with Gasteiger partial charge in [0.25, 0.3) is 11.1 Å². The zero-order valence-electron chi connectivity index (χ0n) is 14.6. The van der Waals surface area contributed by atoms with Gasteiger partial charge in [-0.3, -0.25) is 9.59 Å². The van der Waals surface area contributed by atoms with Crippen LogP contribution >= 0.6 is 0 Å². The standard InChI is InChI=1S/C19H14N4O4/c1-3-27-11-5-7-14-13(8-11)17-19(25)22-16(18(24)23(17)20-14)12-6-4-10(26-2)9-15(12)21-22/h4-9H,3H2,1-2H3. The third-order valence-corrected chi connectivity index (χ3v) is 4.62. The molecule has 0 atom stereocenters. The molecule has 0 aliphatic rings. The highest BCUT2D eigenvalue weighted by Crippen LogP contribution is 2.25. The number of fused-ring (bicyclic) bond motifs is 6. The summed E-state index contributed by atoms with van der Waals surface area (Å²) in [6.07, 6.45) is 0. The van der Waals surface area contributed by atoms with E-state index in [2.05, 4.69) is 10.2 Å². The van der Waals surface area contributed by atoms with Crippen molar-refractivity contribution in [1.82, 2.24) is 19.2 Å². The zero-order valence-corrected chi connectivity index (χ0v) is 14.6. The maximum absolute atomic E-state index is 13.1. The van der Waals surface area contributed by atoms with Gasteiger partial charge in [0.1, 0.15) is 22.5 Å². The quantitative estimate of drug-likeness (QED) is 0.487. The van der Waals surface area contributed by atoms with Crippen LogP contribution in [0.2, 0.25) is 0 Å². The van der Waals surface area contributed by atoms with Crippen molar-refractivity contribution in [2.45, 2.75) is 6.92 Å². The second-order valence-electron chi connectivity index (χ2n) is 6.13. The molecule has 0 fully saturated rings. The molecule has 134 valence electrons. The van der Waals surface area contributed by atoms with Crippen LogP contribution < -0.4 is 20.6 Å². The van der Waals surface area contributed by atoms with Gasteiger partial charge in [-0.15, -0.1) is 0 Å². The molecule has 0 saturated heterocycles. The summed E-state index contributed by atoms with van der Waals surface area (Å²) in [5.74, 6) is 1.21. The average Bonchev–Trinajstić information content (AvgIpc) is 3.24. The first-order valence-corrected chi connectivity index (χ1v) is 8.44. The Labute approximate surface area is 151 Å². The van der Waals surface area contributed by atoms with Crippen LogP contribution in [0.3, 0.4) is 0 Å². The number of aromatic nitrogens is 4. The van der Waals surface area contributed by atoms with Gasteiger partial charge in [0.2, 0.25) is 0 Å². The van der Waals surface area contributed by atoms with E-state index in [0.717, 1.165) is 9.03 Å². The van der Waals surface area contributed by atoms with Gasteiger partial charge in [-0.1, -0.05) is 0 Å². The normalized spacial score (nSPS) is 11.8. The number of methoxy groups -OCH3 is 1. The second-order valence-corrected chi connectivity index (χ2v) is 6.13. The number of nitrogens with zero attached hydrogens (tertiary/aromatic N) is 4. The van der Waals surface area contributed by atoms with Crippen molar-refractivity contribution in [3.8, 4) is 11.5 Å². The number of ether oxygens (including phenoxy) is 2. The lowest BCUT2D eigenvalue weighted by atomic mass is 10.2. The van der Waals surface area contributed by atoms with Crippen LogP contribution in [0.5, 0.6) is 11.5 Å². The monoisotopic (exact) mass is 362 g/mol. The lowest BCUT2D eigenvalue weighted by molar-refractivity contribution is 0.341. The van der Waals surface area contributed by atoms with Crippen molar-refractivity contribution in [2.24, 2.45) is 0 Å². The molecule has 27 heavy (non-hydrogen) atoms. The molecule has 0 amide bonds. The number of benzene rings is 2. The second kappa shape index (κ2) is 5.41. The van der Waals surface area contributed by atoms with Crippen LogP contribution in [-0.4, -0.2) is 32.9 Å². The van der Waals surface area contributed by atoms with Gasteiger partial charge in [-0.05, 0) is 37.3 Å². The molecule has 3 heterocycles. The molecule has 5 aromatic rings. The lowest BCUT2D eigenvalue weighted by Crippen LogP contribution is -2.27. The van der Waals surface area contributed by atoms with Crippen LogP contribution in [0.15, 0.2) is 46.0 Å². The van der Waals surface area contributed by atoms with Crippen molar-refractivity contribution >= 4 is 32.8 Å². The third-order valence-electron chi connectivity index (χ3n) is 4.62. The Morgan fingerprint density at radius 1 is 0.852 bits per heavy atom. The van der Waals surface area contributed by atoms with E-state index in [-0.39, 0.29) is 11.0 Å². The summed E-state index contributed by atoms with van der Waals surface area (Å²) in [7, 11) is 1.55. The van der Waals surface area contributed by atoms with Gasteiger partial charge >= 0.3 is 0 Å². The molecular weight excluding hydrogens is 348 g/mol. The smallest absolute Gasteiger partial charge is 0.298 e. The van der Waals surface area contributed by atoms with Crippen LogP contribution in [-0.2, 0) is 0 Å². The summed E-state index contributed by atoms with van der Waals surface area (Å²) in [6, 6.07) is 10.4. The Morgan fingerprint density at radius 2 is 1.52 bits per heavy atom. The molecule has 0 N–H and O–H groups in total. The average molecular weight is 362 g/mol. The number of rotatable bonds is 3. The van der Waals surface area contributed by atoms with Crippen LogP contribution in [0, 0.1) is 0 Å². The molecule has 2 aromatic carbocycles. The van der Waals surface area contributed by atoms with Crippen LogP contribution in [0.1, 0.15) is 6.92 Å². The van der Waals surface area contributed by atoms with E-state index < -0.39 is 11.1 Å². The molecule has 0 bridgehead atoms. The van der Waals surface area contributed by atoms with E-state index in [4.69, 9.17) is 9.47 Å². The molecule has 8 nitrogen and oxygen atoms in total. The fourth-order valence-corrected chi connectivity index (χ4v) is 3.42. The van der Waals surface area contributed by atoms with Gasteiger partial charge in [-0.2, -0.15) is 19.2 Å². The summed E-state index contributed by atoms with van der Waals surface area (Å²) in [6.45, 7) is 2.38. The van der Waals surface area contributed by atoms with Crippen molar-refractivity contribution in [3.05, 3.63) is 57.1 Å². The minimum Gasteiger partial charge on any atom is -0.497 e. The molecule has 8 heteroatoms. The van der Waals surface area contributed by atoms with E-state index in [1.165, 1.54) is 0 Å². The number of hydrogen-bond donors (Lipinski definition) is 0. The van der Waals surface area contributed by atoms with Crippen LogP contribution in [0.4, 0.5) is 0 Å². The summed E-state index contributed by atoms with van der Waals surface area (Å²) in [4.78, 5) is 26.2. The Kier molecular flexibility index (Phi) is 3.12. The number of hydrogen-bond acceptors (Lipinski definition) is 6. The Hall–Kier alpha value is -3.68. The molecule has 0 spiro atoms. The fourth-order valence-electron chi connectivity index (χ4n) is 3.42. The molecular formula is C19H14N4O4. The van der Waals surface area contributed by atoms with Gasteiger partial charge in [-0.25, -0.2) is 0 Å². The molecule has 3 aromatic heterocycles. The zero-order chi connectivity index (χ0) is 18.7. The highest BCUT2D eigenvalue weighted by atomic mass is 16.5. The highest BCUT2D eigenvalue weighted by Gasteiger charge is 2.20. The molecule has 0 aliphatic heterocycles. The summed E-state index contributed by atoms with van der Waals surface area (Å²) in [5.41, 5.74) is 0.636. The Bertz CT molecular complexity index is 1470. The Balaban J connectivity index is 1.97. The SMILES string of the molecule is CCOc1ccc2nn3c(=O)c4c5ccc(OC)cc5nn4c(=O)c3c2c1. The summed E-state index contributed by atoms with van der Waals surface area (Å²) < 4.78 is 13.0. The first-order valence-electron chi connectivity index (χ1n) is 8.44. The van der Waals surface area contributed by atoms with Crippen LogP contribution in [0.25, 0.3) is 32.8 Å². The molecule has 0 radical (unpaired) electrons. The van der Waals surface area contributed by atoms with Gasteiger partial charge in [0, 0.05) is 16.8 Å². The fraction of sp³-hybridized carbons (Fsp3) is 0.158. The third kappa shape index (κ3) is 2.03. The van der Waals surface area contributed by atoms with Gasteiger partial charge in [0.05, 0.1) is 24.8 Å². The van der Waals surface area contributed by atoms with Gasteiger partial charge in [0.15, 0.2) is 0 Å². The summed E-state index contributed by atoms with van der Waals surface area (Å²) in [5, 5.41) is 9.80. The van der Waals surface area contributed by atoms with E-state index >= 15 is 0 Å². The molecule has 0 unspecified atom stereocenters. The minimum atomic E-state index is -0.407. The molecule has 0 saturated carbocycles. The predicted octanol–water partition coefficient (Wildman–Crippen LogP) is 1.85. The molecule has 5 rings (SSSR count). The van der Waals surface area contributed by atoms with Gasteiger partial charge < -0.3 is 9.47 Å². The Morgan fingerprint density at radius 3 is 2.22 bits per heavy atom. The van der Waals surface area contributed by atoms with E-state index in [9.17, 15) is 9.59 Å². The predicted molar refractivity (Wildman–Crippen MR) is 100 cm³/mol. The lowest BCUT2D eigenvalue weighted by Gasteiger charge is -2.01. The topological polar surface area (TPSA) is 87.2 Å². The highest BCUT2D eigenvalue weighted by molar-refractivity contribution is 5.98. The van der Waals surface area contributed by atoms with Crippen molar-refractivity contribution in [2.75, 3.05) is 13.7 Å². The van der Waals surface area contributed by atoms with Crippen molar-refractivity contribution in [3.63, 3.8) is 0 Å². The van der Waals surface area contributed by atoms with E-state index in [1.807, 2.05) is 6.92 Å². The van der Waals surface area contributed by atoms with E-state index in [1.54, 1.807) is 43.5 Å². The van der Waals surface area contributed by atoms with Crippen molar-refractivity contribution in [1.29, 1.82) is 0 Å². The van der Waals surface area contributed by atoms with Crippen molar-refractivity contribution < 1.29 is 9.47 Å². The maximum Gasteiger partial charge on any atom is 0.298 e. The largest absolute Gasteiger partial charge is 0.497 e. The minimum absolute atomic E-state index is 0.184. The maximum atomic E-state index is 13.1. The molecule has 0 aliphatic carbocycles. The van der Waals surface area contributed by atoms with E-state index in [0.29, 0.717) is 39.9 Å². The first kappa shape index (κ1) is 15.6. The first-order chi connectivity index (χ1) is 13.1. The summed E-state index contributed by atoms with van der Waals surface area (Å²) >= 11 is 0.